The molecule has 0 fully saturated rings. The van der Waals surface area contributed by atoms with Crippen LogP contribution in [0.25, 0.3) is 11.1 Å². The lowest BCUT2D eigenvalue weighted by Crippen LogP contribution is -2.02. The van der Waals surface area contributed by atoms with Gasteiger partial charge >= 0.3 is 11.9 Å². The molecule has 0 aliphatic heterocycles. The maximum absolute atomic E-state index is 11.7. The Morgan fingerprint density at radius 1 is 0.864 bits per heavy atom. The van der Waals surface area contributed by atoms with Crippen LogP contribution in [-0.4, -0.2) is 26.2 Å². The van der Waals surface area contributed by atoms with E-state index in [1.807, 2.05) is 12.1 Å². The number of carbonyl (C=O) groups is 2. The summed E-state index contributed by atoms with van der Waals surface area (Å²) >= 11 is 6.47. The highest BCUT2D eigenvalue weighted by atomic mass is 35.5. The van der Waals surface area contributed by atoms with Crippen molar-refractivity contribution in [1.82, 2.24) is 0 Å². The van der Waals surface area contributed by atoms with Crippen LogP contribution in [0, 0.1) is 0 Å². The monoisotopic (exact) mass is 316 g/mol. The first-order chi connectivity index (χ1) is 10.6. The van der Waals surface area contributed by atoms with E-state index in [0.717, 1.165) is 22.3 Å². The molecular weight excluding hydrogens is 304 g/mol. The second kappa shape index (κ2) is 5.46. The van der Waals surface area contributed by atoms with Gasteiger partial charge in [-0.25, -0.2) is 9.59 Å². The summed E-state index contributed by atoms with van der Waals surface area (Å²) in [5, 5.41) is -0.302. The number of esters is 2. The number of methoxy groups -OCH3 is 2. The Morgan fingerprint density at radius 2 is 1.27 bits per heavy atom. The van der Waals surface area contributed by atoms with E-state index in [-0.39, 0.29) is 5.38 Å². The maximum atomic E-state index is 11.7. The van der Waals surface area contributed by atoms with Gasteiger partial charge in [0.15, 0.2) is 0 Å². The highest BCUT2D eigenvalue weighted by Crippen LogP contribution is 2.47. The number of hydrogen-bond acceptors (Lipinski definition) is 4. The average Bonchev–Trinajstić information content (AvgIpc) is 2.85. The number of alkyl halides is 1. The molecule has 112 valence electrons. The van der Waals surface area contributed by atoms with Gasteiger partial charge in [-0.05, 0) is 46.5 Å². The molecule has 0 heterocycles. The van der Waals surface area contributed by atoms with Crippen LogP contribution in [-0.2, 0) is 9.47 Å². The van der Waals surface area contributed by atoms with Crippen LogP contribution in [0.4, 0.5) is 0 Å². The largest absolute Gasteiger partial charge is 0.465 e. The first-order valence-corrected chi connectivity index (χ1v) is 7.09. The minimum Gasteiger partial charge on any atom is -0.465 e. The molecule has 0 N–H and O–H groups in total. The Bertz CT molecular complexity index is 717. The minimum absolute atomic E-state index is 0.302. The fraction of sp³-hybridized carbons (Fsp3) is 0.176. The standard InChI is InChI=1S/C17H13ClO4/c1-21-16(19)9-3-5-11-13(7-9)14-8-10(17(20)22-2)4-6-12(14)15(11)18/h3-8,15H,1-2H3. The van der Waals surface area contributed by atoms with E-state index in [0.29, 0.717) is 11.1 Å². The van der Waals surface area contributed by atoms with Gasteiger partial charge in [-0.1, -0.05) is 12.1 Å². The van der Waals surface area contributed by atoms with Crippen molar-refractivity contribution in [2.45, 2.75) is 5.38 Å². The van der Waals surface area contributed by atoms with Crippen molar-refractivity contribution < 1.29 is 19.1 Å². The number of hydrogen-bond donors (Lipinski definition) is 0. The molecule has 2 aromatic rings. The van der Waals surface area contributed by atoms with Gasteiger partial charge in [0.25, 0.3) is 0 Å². The number of carbonyl (C=O) groups excluding carboxylic acids is 2. The molecule has 3 rings (SSSR count). The maximum Gasteiger partial charge on any atom is 0.337 e. The molecular formula is C17H13ClO4. The third-order valence-electron chi connectivity index (χ3n) is 3.79. The summed E-state index contributed by atoms with van der Waals surface area (Å²) in [4.78, 5) is 23.4. The van der Waals surface area contributed by atoms with Gasteiger partial charge in [0.05, 0.1) is 30.7 Å². The van der Waals surface area contributed by atoms with Crippen molar-refractivity contribution in [3.63, 3.8) is 0 Å². The SMILES string of the molecule is COC(=O)c1ccc2c(c1)-c1cc(C(=O)OC)ccc1C2Cl. The smallest absolute Gasteiger partial charge is 0.337 e. The van der Waals surface area contributed by atoms with Gasteiger partial charge in [-0.2, -0.15) is 0 Å². The lowest BCUT2D eigenvalue weighted by Gasteiger charge is -2.05. The summed E-state index contributed by atoms with van der Waals surface area (Å²) in [5.74, 6) is -0.821. The quantitative estimate of drug-likeness (QED) is 0.628. The predicted octanol–water partition coefficient (Wildman–Crippen LogP) is 3.57. The molecule has 0 saturated heterocycles. The van der Waals surface area contributed by atoms with Crippen molar-refractivity contribution in [3.05, 3.63) is 58.7 Å². The second-order valence-electron chi connectivity index (χ2n) is 4.95. The zero-order chi connectivity index (χ0) is 15.9. The number of ether oxygens (including phenoxy) is 2. The lowest BCUT2D eigenvalue weighted by molar-refractivity contribution is 0.0591. The Morgan fingerprint density at radius 3 is 1.64 bits per heavy atom. The molecule has 0 atom stereocenters. The molecule has 22 heavy (non-hydrogen) atoms. The van der Waals surface area contributed by atoms with Gasteiger partial charge < -0.3 is 9.47 Å². The summed E-state index contributed by atoms with van der Waals surface area (Å²) in [6, 6.07) is 10.5. The van der Waals surface area contributed by atoms with Crippen LogP contribution < -0.4 is 0 Å². The molecule has 0 aromatic heterocycles. The fourth-order valence-corrected chi connectivity index (χ4v) is 3.06. The molecule has 0 unspecified atom stereocenters. The summed E-state index contributed by atoms with van der Waals surface area (Å²) in [5.41, 5.74) is 4.38. The van der Waals surface area contributed by atoms with E-state index in [9.17, 15) is 9.59 Å². The van der Waals surface area contributed by atoms with Crippen molar-refractivity contribution in [3.8, 4) is 11.1 Å². The van der Waals surface area contributed by atoms with Crippen LogP contribution in [0.1, 0.15) is 37.2 Å². The summed E-state index contributed by atoms with van der Waals surface area (Å²) in [6.07, 6.45) is 0. The van der Waals surface area contributed by atoms with Crippen molar-refractivity contribution in [2.24, 2.45) is 0 Å². The van der Waals surface area contributed by atoms with Crippen LogP contribution in [0.15, 0.2) is 36.4 Å². The van der Waals surface area contributed by atoms with Crippen LogP contribution in [0.3, 0.4) is 0 Å². The Labute approximate surface area is 132 Å². The second-order valence-corrected chi connectivity index (χ2v) is 5.39. The topological polar surface area (TPSA) is 52.6 Å². The van der Waals surface area contributed by atoms with Crippen molar-refractivity contribution >= 4 is 23.5 Å². The van der Waals surface area contributed by atoms with Crippen LogP contribution in [0.2, 0.25) is 0 Å². The highest BCUT2D eigenvalue weighted by Gasteiger charge is 2.28. The fourth-order valence-electron chi connectivity index (χ4n) is 2.68. The van der Waals surface area contributed by atoms with Gasteiger partial charge in [-0.3, -0.25) is 0 Å². The van der Waals surface area contributed by atoms with Gasteiger partial charge in [-0.15, -0.1) is 11.6 Å². The first kappa shape index (κ1) is 14.6. The Kier molecular flexibility index (Phi) is 3.62. The number of fused-ring (bicyclic) bond motifs is 3. The van der Waals surface area contributed by atoms with E-state index < -0.39 is 11.9 Å². The molecule has 0 radical (unpaired) electrons. The number of halogens is 1. The summed E-state index contributed by atoms with van der Waals surface area (Å²) in [6.45, 7) is 0. The first-order valence-electron chi connectivity index (χ1n) is 6.65. The Balaban J connectivity index is 2.16. The molecule has 0 amide bonds. The lowest BCUT2D eigenvalue weighted by atomic mass is 10.0. The minimum atomic E-state index is -0.411. The molecule has 0 bridgehead atoms. The highest BCUT2D eigenvalue weighted by molar-refractivity contribution is 6.25. The molecule has 5 heteroatoms. The zero-order valence-electron chi connectivity index (χ0n) is 12.1. The van der Waals surface area contributed by atoms with Crippen molar-refractivity contribution in [2.75, 3.05) is 14.2 Å². The summed E-state index contributed by atoms with van der Waals surface area (Å²) in [7, 11) is 2.67. The normalized spacial score (nSPS) is 12.5. The molecule has 0 spiro atoms. The van der Waals surface area contributed by atoms with Gasteiger partial charge in [0.1, 0.15) is 0 Å². The van der Waals surface area contributed by atoms with E-state index in [4.69, 9.17) is 21.1 Å². The van der Waals surface area contributed by atoms with Crippen molar-refractivity contribution in [1.29, 1.82) is 0 Å². The van der Waals surface area contributed by atoms with Crippen LogP contribution >= 0.6 is 11.6 Å². The molecule has 0 saturated carbocycles. The van der Waals surface area contributed by atoms with Gasteiger partial charge in [0, 0.05) is 0 Å². The Hall–Kier alpha value is -2.33. The zero-order valence-corrected chi connectivity index (χ0v) is 12.8. The predicted molar refractivity (Wildman–Crippen MR) is 82.3 cm³/mol. The number of benzene rings is 2. The van der Waals surface area contributed by atoms with E-state index in [1.165, 1.54) is 14.2 Å². The molecule has 1 aliphatic rings. The molecule has 4 nitrogen and oxygen atoms in total. The molecule has 2 aromatic carbocycles. The third-order valence-corrected chi connectivity index (χ3v) is 4.26. The molecule has 1 aliphatic carbocycles. The third kappa shape index (κ3) is 2.16. The average molecular weight is 317 g/mol. The van der Waals surface area contributed by atoms with E-state index in [2.05, 4.69) is 0 Å². The van der Waals surface area contributed by atoms with Crippen LogP contribution in [0.5, 0.6) is 0 Å². The summed E-state index contributed by atoms with van der Waals surface area (Å²) < 4.78 is 9.49. The van der Waals surface area contributed by atoms with E-state index in [1.54, 1.807) is 24.3 Å². The number of rotatable bonds is 2. The van der Waals surface area contributed by atoms with E-state index >= 15 is 0 Å². The van der Waals surface area contributed by atoms with Gasteiger partial charge in [0.2, 0.25) is 0 Å².